The van der Waals surface area contributed by atoms with Crippen molar-refractivity contribution < 1.29 is 4.39 Å². The van der Waals surface area contributed by atoms with E-state index in [1.807, 2.05) is 18.3 Å². The van der Waals surface area contributed by atoms with E-state index < -0.39 is 0 Å². The second kappa shape index (κ2) is 8.55. The molecule has 1 unspecified atom stereocenters. The summed E-state index contributed by atoms with van der Waals surface area (Å²) in [4.78, 5) is 9.21. The summed E-state index contributed by atoms with van der Waals surface area (Å²) < 4.78 is 13.4. The second-order valence-electron chi connectivity index (χ2n) is 7.57. The molecule has 1 atom stereocenters. The van der Waals surface area contributed by atoms with E-state index in [4.69, 9.17) is 11.6 Å². The third-order valence-electron chi connectivity index (χ3n) is 5.63. The van der Waals surface area contributed by atoms with E-state index in [1.54, 1.807) is 6.07 Å². The van der Waals surface area contributed by atoms with Crippen molar-refractivity contribution in [2.24, 2.45) is 0 Å². The molecule has 0 bridgehead atoms. The van der Waals surface area contributed by atoms with Gasteiger partial charge >= 0.3 is 0 Å². The van der Waals surface area contributed by atoms with Gasteiger partial charge in [0, 0.05) is 56.7 Å². The first-order valence-corrected chi connectivity index (χ1v) is 10.1. The minimum Gasteiger partial charge on any atom is -0.370 e. The molecule has 2 aliphatic heterocycles. The number of halogens is 2. The summed E-state index contributed by atoms with van der Waals surface area (Å²) in [6, 6.07) is 12.2. The van der Waals surface area contributed by atoms with Gasteiger partial charge in [0.05, 0.1) is 10.7 Å². The van der Waals surface area contributed by atoms with Gasteiger partial charge in [-0.3, -0.25) is 9.88 Å². The van der Waals surface area contributed by atoms with E-state index in [2.05, 4.69) is 32.2 Å². The minimum atomic E-state index is -0.355. The number of likely N-dealkylation sites (tertiary alicyclic amines) is 1. The van der Waals surface area contributed by atoms with Crippen LogP contribution in [-0.4, -0.2) is 48.1 Å². The number of nitrogens with one attached hydrogen (secondary N) is 1. The van der Waals surface area contributed by atoms with Gasteiger partial charge in [0.15, 0.2) is 0 Å². The van der Waals surface area contributed by atoms with Crippen LogP contribution >= 0.6 is 11.6 Å². The predicted octanol–water partition coefficient (Wildman–Crippen LogP) is 3.71. The first-order chi connectivity index (χ1) is 13.2. The van der Waals surface area contributed by atoms with E-state index in [0.717, 1.165) is 50.5 Å². The Bertz CT molecular complexity index is 749. The van der Waals surface area contributed by atoms with E-state index in [1.165, 1.54) is 18.9 Å². The summed E-state index contributed by atoms with van der Waals surface area (Å²) in [5.41, 5.74) is 2.16. The van der Waals surface area contributed by atoms with Crippen LogP contribution in [0.15, 0.2) is 42.6 Å². The Morgan fingerprint density at radius 3 is 2.63 bits per heavy atom. The van der Waals surface area contributed by atoms with E-state index in [-0.39, 0.29) is 10.8 Å². The normalized spacial score (nSPS) is 21.7. The summed E-state index contributed by atoms with van der Waals surface area (Å²) in [5.74, 6) is -0.355. The number of hydrogen-bond acceptors (Lipinski definition) is 4. The number of nitrogens with zero attached hydrogens (tertiary/aromatic N) is 3. The van der Waals surface area contributed by atoms with Crippen molar-refractivity contribution >= 4 is 17.3 Å². The lowest BCUT2D eigenvalue weighted by molar-refractivity contribution is 0.183. The summed E-state index contributed by atoms with van der Waals surface area (Å²) >= 11 is 5.93. The molecule has 4 nitrogen and oxygen atoms in total. The van der Waals surface area contributed by atoms with Gasteiger partial charge in [-0.1, -0.05) is 17.7 Å². The average molecular weight is 389 g/mol. The van der Waals surface area contributed by atoms with Gasteiger partial charge < -0.3 is 10.2 Å². The predicted molar refractivity (Wildman–Crippen MR) is 108 cm³/mol. The lowest BCUT2D eigenvalue weighted by atomic mass is 10.0. The number of aromatic nitrogens is 1. The van der Waals surface area contributed by atoms with Crippen LogP contribution in [0.1, 0.15) is 25.0 Å². The molecule has 2 aromatic rings. The minimum absolute atomic E-state index is 0.198. The quantitative estimate of drug-likeness (QED) is 0.846. The van der Waals surface area contributed by atoms with Gasteiger partial charge in [-0.25, -0.2) is 4.39 Å². The van der Waals surface area contributed by atoms with Crippen molar-refractivity contribution in [1.29, 1.82) is 0 Å². The maximum absolute atomic E-state index is 13.4. The van der Waals surface area contributed by atoms with Gasteiger partial charge in [0.2, 0.25) is 0 Å². The molecule has 4 rings (SSSR count). The first kappa shape index (κ1) is 18.7. The SMILES string of the molecule is Fc1ccc(N2CCC(NC3CCN(Cc4ccccn4)CC3)C2)cc1Cl. The molecule has 1 aromatic heterocycles. The Balaban J connectivity index is 1.23. The van der Waals surface area contributed by atoms with Gasteiger partial charge in [-0.15, -0.1) is 0 Å². The highest BCUT2D eigenvalue weighted by Gasteiger charge is 2.27. The third kappa shape index (κ3) is 4.78. The summed E-state index contributed by atoms with van der Waals surface area (Å²) in [6.07, 6.45) is 5.32. The molecule has 1 aromatic carbocycles. The number of pyridine rings is 1. The van der Waals surface area contributed by atoms with Crippen molar-refractivity contribution in [2.45, 2.75) is 37.9 Å². The zero-order valence-corrected chi connectivity index (χ0v) is 16.2. The van der Waals surface area contributed by atoms with Crippen LogP contribution in [0.2, 0.25) is 5.02 Å². The first-order valence-electron chi connectivity index (χ1n) is 9.76. The van der Waals surface area contributed by atoms with Gasteiger partial charge in [-0.2, -0.15) is 0 Å². The molecule has 27 heavy (non-hydrogen) atoms. The number of hydrogen-bond donors (Lipinski definition) is 1. The molecule has 144 valence electrons. The highest BCUT2D eigenvalue weighted by Crippen LogP contribution is 2.26. The summed E-state index contributed by atoms with van der Waals surface area (Å²) in [6.45, 7) is 5.10. The molecule has 2 saturated heterocycles. The van der Waals surface area contributed by atoms with Crippen molar-refractivity contribution in [3.8, 4) is 0 Å². The van der Waals surface area contributed by atoms with E-state index >= 15 is 0 Å². The smallest absolute Gasteiger partial charge is 0.141 e. The molecular weight excluding hydrogens is 363 g/mol. The molecule has 0 amide bonds. The van der Waals surface area contributed by atoms with Crippen LogP contribution in [0.25, 0.3) is 0 Å². The van der Waals surface area contributed by atoms with Crippen LogP contribution < -0.4 is 10.2 Å². The fraction of sp³-hybridized carbons (Fsp3) is 0.476. The number of piperidine rings is 1. The van der Waals surface area contributed by atoms with Gasteiger partial charge in [-0.05, 0) is 49.6 Å². The molecular formula is C21H26ClFN4. The molecule has 3 heterocycles. The van der Waals surface area contributed by atoms with E-state index in [0.29, 0.717) is 12.1 Å². The zero-order chi connectivity index (χ0) is 18.6. The molecule has 6 heteroatoms. The summed E-state index contributed by atoms with van der Waals surface area (Å²) in [7, 11) is 0. The standard InChI is InChI=1S/C21H26ClFN4/c22-20-13-19(4-5-21(20)23)27-12-8-18(15-27)25-16-6-10-26(11-7-16)14-17-3-1-2-9-24-17/h1-5,9,13,16,18,25H,6-8,10-12,14-15H2. The Labute approximate surface area is 165 Å². The number of benzene rings is 1. The summed E-state index contributed by atoms with van der Waals surface area (Å²) in [5, 5.41) is 4.04. The molecule has 0 spiro atoms. The molecule has 0 saturated carbocycles. The van der Waals surface area contributed by atoms with Crippen LogP contribution in [0, 0.1) is 5.82 Å². The van der Waals surface area contributed by atoms with Crippen molar-refractivity contribution in [2.75, 3.05) is 31.1 Å². The highest BCUT2D eigenvalue weighted by molar-refractivity contribution is 6.31. The maximum Gasteiger partial charge on any atom is 0.141 e. The lowest BCUT2D eigenvalue weighted by Crippen LogP contribution is -2.46. The second-order valence-corrected chi connectivity index (χ2v) is 7.98. The molecule has 0 radical (unpaired) electrons. The highest BCUT2D eigenvalue weighted by atomic mass is 35.5. The number of rotatable bonds is 5. The van der Waals surface area contributed by atoms with Crippen molar-refractivity contribution in [1.82, 2.24) is 15.2 Å². The fourth-order valence-corrected chi connectivity index (χ4v) is 4.30. The molecule has 2 aliphatic rings. The Morgan fingerprint density at radius 2 is 1.89 bits per heavy atom. The third-order valence-corrected chi connectivity index (χ3v) is 5.92. The fourth-order valence-electron chi connectivity index (χ4n) is 4.12. The Morgan fingerprint density at radius 1 is 1.07 bits per heavy atom. The Hall–Kier alpha value is -1.69. The van der Waals surface area contributed by atoms with Crippen LogP contribution in [0.5, 0.6) is 0 Å². The van der Waals surface area contributed by atoms with Crippen molar-refractivity contribution in [3.05, 3.63) is 59.1 Å². The van der Waals surface area contributed by atoms with Crippen LogP contribution in [0.4, 0.5) is 10.1 Å². The van der Waals surface area contributed by atoms with Crippen LogP contribution in [0.3, 0.4) is 0 Å². The molecule has 1 N–H and O–H groups in total. The van der Waals surface area contributed by atoms with Gasteiger partial charge in [0.1, 0.15) is 5.82 Å². The molecule has 2 fully saturated rings. The number of anilines is 1. The van der Waals surface area contributed by atoms with Crippen LogP contribution in [-0.2, 0) is 6.54 Å². The van der Waals surface area contributed by atoms with E-state index in [9.17, 15) is 4.39 Å². The zero-order valence-electron chi connectivity index (χ0n) is 15.5. The van der Waals surface area contributed by atoms with Crippen molar-refractivity contribution in [3.63, 3.8) is 0 Å². The maximum atomic E-state index is 13.4. The molecule has 0 aliphatic carbocycles. The monoisotopic (exact) mass is 388 g/mol. The average Bonchev–Trinajstić information content (AvgIpc) is 3.15. The lowest BCUT2D eigenvalue weighted by Gasteiger charge is -2.33. The largest absolute Gasteiger partial charge is 0.370 e. The Kier molecular flexibility index (Phi) is 5.91. The van der Waals surface area contributed by atoms with Gasteiger partial charge in [0.25, 0.3) is 0 Å². The topological polar surface area (TPSA) is 31.4 Å².